The van der Waals surface area contributed by atoms with Gasteiger partial charge in [0.15, 0.2) is 0 Å². The van der Waals surface area contributed by atoms with E-state index in [1.807, 2.05) is 24.3 Å². The molecular formula is C15H18O3. The summed E-state index contributed by atoms with van der Waals surface area (Å²) in [4.78, 5) is 11.6. The maximum atomic E-state index is 11.6. The summed E-state index contributed by atoms with van der Waals surface area (Å²) in [5, 5.41) is 0. The number of hydrogen-bond acceptors (Lipinski definition) is 3. The van der Waals surface area contributed by atoms with Crippen LogP contribution in [0.5, 0.6) is 5.75 Å². The fourth-order valence-corrected chi connectivity index (χ4v) is 1.96. The van der Waals surface area contributed by atoms with Crippen LogP contribution in [-0.4, -0.2) is 12.3 Å². The van der Waals surface area contributed by atoms with Crippen molar-refractivity contribution < 1.29 is 14.3 Å². The molecule has 0 saturated carbocycles. The smallest absolute Gasteiger partial charge is 0.426 e. The van der Waals surface area contributed by atoms with Gasteiger partial charge in [-0.1, -0.05) is 30.7 Å². The van der Waals surface area contributed by atoms with Gasteiger partial charge in [-0.15, -0.1) is 0 Å². The van der Waals surface area contributed by atoms with E-state index in [-0.39, 0.29) is 6.10 Å². The molecule has 0 radical (unpaired) electrons. The van der Waals surface area contributed by atoms with Gasteiger partial charge in [-0.2, -0.15) is 0 Å². The molecule has 1 atom stereocenters. The molecule has 1 aromatic rings. The summed E-state index contributed by atoms with van der Waals surface area (Å²) in [6.45, 7) is 0. The molecule has 1 aromatic carbocycles. The highest BCUT2D eigenvalue weighted by molar-refractivity contribution is 5.64. The molecule has 0 spiro atoms. The van der Waals surface area contributed by atoms with E-state index in [4.69, 9.17) is 9.47 Å². The van der Waals surface area contributed by atoms with E-state index in [1.54, 1.807) is 12.1 Å². The van der Waals surface area contributed by atoms with Crippen molar-refractivity contribution in [1.29, 1.82) is 0 Å². The molecule has 0 aliphatic heterocycles. The average Bonchev–Trinajstić information content (AvgIpc) is 2.34. The van der Waals surface area contributed by atoms with Crippen molar-refractivity contribution in [2.45, 2.75) is 38.2 Å². The Bertz CT molecular complexity index is 397. The number of hydrogen-bond donors (Lipinski definition) is 0. The monoisotopic (exact) mass is 246 g/mol. The lowest BCUT2D eigenvalue weighted by Gasteiger charge is -2.15. The second-order valence-electron chi connectivity index (χ2n) is 4.39. The molecule has 1 aliphatic rings. The predicted octanol–water partition coefficient (Wildman–Crippen LogP) is 4.09. The Morgan fingerprint density at radius 1 is 1.11 bits per heavy atom. The van der Waals surface area contributed by atoms with E-state index in [1.165, 1.54) is 12.8 Å². The highest BCUT2D eigenvalue weighted by Gasteiger charge is 2.14. The van der Waals surface area contributed by atoms with Gasteiger partial charge >= 0.3 is 6.16 Å². The van der Waals surface area contributed by atoms with Gasteiger partial charge in [-0.25, -0.2) is 4.79 Å². The first-order valence-corrected chi connectivity index (χ1v) is 6.45. The van der Waals surface area contributed by atoms with Crippen LogP contribution in [0.2, 0.25) is 0 Å². The third-order valence-electron chi connectivity index (χ3n) is 2.90. The molecule has 3 nitrogen and oxygen atoms in total. The van der Waals surface area contributed by atoms with Crippen LogP contribution in [0.25, 0.3) is 0 Å². The molecule has 0 heterocycles. The van der Waals surface area contributed by atoms with Crippen LogP contribution >= 0.6 is 0 Å². The van der Waals surface area contributed by atoms with Gasteiger partial charge in [0, 0.05) is 0 Å². The van der Waals surface area contributed by atoms with Crippen molar-refractivity contribution in [3.63, 3.8) is 0 Å². The summed E-state index contributed by atoms with van der Waals surface area (Å²) < 4.78 is 10.4. The zero-order chi connectivity index (χ0) is 12.6. The van der Waals surface area contributed by atoms with Gasteiger partial charge < -0.3 is 9.47 Å². The van der Waals surface area contributed by atoms with Crippen LogP contribution < -0.4 is 4.74 Å². The molecule has 1 aliphatic carbocycles. The van der Waals surface area contributed by atoms with Crippen molar-refractivity contribution in [1.82, 2.24) is 0 Å². The number of allylic oxidation sites excluding steroid dienone is 1. The standard InChI is InChI=1S/C15H18O3/c16-15(18-14-11-7-4-8-12-14)17-13-9-5-2-1-3-6-10-13/h4-5,7-9,11-13H,1-3,6,10H2/b9-5+/t13-/m1/s1. The molecule has 0 unspecified atom stereocenters. The van der Waals surface area contributed by atoms with E-state index in [0.717, 1.165) is 19.3 Å². The summed E-state index contributed by atoms with van der Waals surface area (Å²) in [7, 11) is 0. The minimum atomic E-state index is -0.628. The Hall–Kier alpha value is -1.77. The first-order chi connectivity index (χ1) is 8.84. The summed E-state index contributed by atoms with van der Waals surface area (Å²) in [5.74, 6) is 0.511. The topological polar surface area (TPSA) is 35.5 Å². The van der Waals surface area contributed by atoms with Gasteiger partial charge in [0.1, 0.15) is 11.9 Å². The minimum absolute atomic E-state index is 0.151. The molecule has 0 aromatic heterocycles. The molecule has 0 bridgehead atoms. The largest absolute Gasteiger partial charge is 0.514 e. The van der Waals surface area contributed by atoms with Crippen LogP contribution in [0.15, 0.2) is 42.5 Å². The molecule has 0 saturated heterocycles. The van der Waals surface area contributed by atoms with Crippen LogP contribution in [0, 0.1) is 0 Å². The Balaban J connectivity index is 1.84. The molecule has 0 fully saturated rings. The fourth-order valence-electron chi connectivity index (χ4n) is 1.96. The first kappa shape index (κ1) is 12.7. The van der Waals surface area contributed by atoms with Gasteiger partial charge in [0.05, 0.1) is 0 Å². The second kappa shape index (κ2) is 6.84. The zero-order valence-electron chi connectivity index (χ0n) is 10.4. The van der Waals surface area contributed by atoms with Crippen molar-refractivity contribution in [3.05, 3.63) is 42.5 Å². The quantitative estimate of drug-likeness (QED) is 0.448. The summed E-state index contributed by atoms with van der Waals surface area (Å²) in [5.41, 5.74) is 0. The lowest BCUT2D eigenvalue weighted by molar-refractivity contribution is 0.0717. The fraction of sp³-hybridized carbons (Fsp3) is 0.400. The molecule has 0 amide bonds. The van der Waals surface area contributed by atoms with E-state index in [2.05, 4.69) is 6.08 Å². The predicted molar refractivity (Wildman–Crippen MR) is 69.6 cm³/mol. The molecule has 0 N–H and O–H groups in total. The maximum Gasteiger partial charge on any atom is 0.514 e. The lowest BCUT2D eigenvalue weighted by Crippen LogP contribution is -2.19. The van der Waals surface area contributed by atoms with E-state index in [9.17, 15) is 4.79 Å². The van der Waals surface area contributed by atoms with Gasteiger partial charge in [0.25, 0.3) is 0 Å². The first-order valence-electron chi connectivity index (χ1n) is 6.45. The molecule has 3 heteroatoms. The van der Waals surface area contributed by atoms with Gasteiger partial charge in [0.2, 0.25) is 0 Å². The van der Waals surface area contributed by atoms with Crippen LogP contribution in [-0.2, 0) is 4.74 Å². The number of ether oxygens (including phenoxy) is 2. The zero-order valence-corrected chi connectivity index (χ0v) is 10.4. The van der Waals surface area contributed by atoms with Gasteiger partial charge in [-0.05, 0) is 43.9 Å². The van der Waals surface area contributed by atoms with Crippen LogP contribution in [0.4, 0.5) is 4.79 Å². The molecular weight excluding hydrogens is 228 g/mol. The number of rotatable bonds is 2. The molecule has 18 heavy (non-hydrogen) atoms. The van der Waals surface area contributed by atoms with Gasteiger partial charge in [-0.3, -0.25) is 0 Å². The maximum absolute atomic E-state index is 11.6. The minimum Gasteiger partial charge on any atom is -0.426 e. The Morgan fingerprint density at radius 2 is 1.94 bits per heavy atom. The van der Waals surface area contributed by atoms with Crippen molar-refractivity contribution in [2.75, 3.05) is 0 Å². The molecule has 2 rings (SSSR count). The number of carbonyl (C=O) groups excluding carboxylic acids is 1. The highest BCUT2D eigenvalue weighted by Crippen LogP contribution is 2.16. The lowest BCUT2D eigenvalue weighted by atomic mass is 10.0. The summed E-state index contributed by atoms with van der Waals surface area (Å²) in [6, 6.07) is 8.97. The number of carbonyl (C=O) groups is 1. The number of benzene rings is 1. The number of para-hydroxylation sites is 1. The van der Waals surface area contributed by atoms with Crippen LogP contribution in [0.1, 0.15) is 32.1 Å². The highest BCUT2D eigenvalue weighted by atomic mass is 16.7. The van der Waals surface area contributed by atoms with Crippen LogP contribution in [0.3, 0.4) is 0 Å². The van der Waals surface area contributed by atoms with Crippen molar-refractivity contribution in [3.8, 4) is 5.75 Å². The molecule has 96 valence electrons. The average molecular weight is 246 g/mol. The summed E-state index contributed by atoms with van der Waals surface area (Å²) >= 11 is 0. The Labute approximate surface area is 107 Å². The SMILES string of the molecule is O=C(Oc1ccccc1)O[C@@H]1/C=C/CCCCC1. The van der Waals surface area contributed by atoms with Crippen molar-refractivity contribution in [2.24, 2.45) is 0 Å². The van der Waals surface area contributed by atoms with E-state index >= 15 is 0 Å². The van der Waals surface area contributed by atoms with E-state index < -0.39 is 6.16 Å². The third kappa shape index (κ3) is 4.24. The third-order valence-corrected chi connectivity index (χ3v) is 2.90. The van der Waals surface area contributed by atoms with Crippen molar-refractivity contribution >= 4 is 6.16 Å². The normalized spacial score (nSPS) is 21.4. The Kier molecular flexibility index (Phi) is 4.82. The summed E-state index contributed by atoms with van der Waals surface area (Å²) in [6.07, 6.45) is 8.71. The Morgan fingerprint density at radius 3 is 2.78 bits per heavy atom. The van der Waals surface area contributed by atoms with E-state index in [0.29, 0.717) is 5.75 Å². The second-order valence-corrected chi connectivity index (χ2v) is 4.39.